The van der Waals surface area contributed by atoms with Gasteiger partial charge >= 0.3 is 0 Å². The Hall–Kier alpha value is -3.12. The van der Waals surface area contributed by atoms with Gasteiger partial charge in [-0.2, -0.15) is 0 Å². The summed E-state index contributed by atoms with van der Waals surface area (Å²) in [5, 5.41) is 0. The fourth-order valence-electron chi connectivity index (χ4n) is 3.02. The quantitative estimate of drug-likeness (QED) is 0.484. The van der Waals surface area contributed by atoms with Crippen LogP contribution in [0.2, 0.25) is 0 Å². The first-order valence-corrected chi connectivity index (χ1v) is 11.2. The molecule has 156 valence electrons. The van der Waals surface area contributed by atoms with Gasteiger partial charge in [-0.1, -0.05) is 54.1 Å². The summed E-state index contributed by atoms with van der Waals surface area (Å²) in [6.45, 7) is 4.18. The number of rotatable bonds is 8. The van der Waals surface area contributed by atoms with Gasteiger partial charge in [0.05, 0.1) is 17.2 Å². The minimum atomic E-state index is -4.02. The highest BCUT2D eigenvalue weighted by Gasteiger charge is 2.30. The fraction of sp³-hybridized carbons (Fsp3) is 0.208. The molecule has 30 heavy (non-hydrogen) atoms. The van der Waals surface area contributed by atoms with E-state index in [9.17, 15) is 13.2 Å². The average Bonchev–Trinajstić information content (AvgIpc) is 2.74. The third-order valence-electron chi connectivity index (χ3n) is 4.66. The van der Waals surface area contributed by atoms with Crippen molar-refractivity contribution in [1.82, 2.24) is 0 Å². The van der Waals surface area contributed by atoms with E-state index in [-0.39, 0.29) is 11.3 Å². The number of hydrogen-bond acceptors (Lipinski definition) is 4. The molecular weight excluding hydrogens is 398 g/mol. The highest BCUT2D eigenvalue weighted by molar-refractivity contribution is 7.93. The first-order valence-electron chi connectivity index (χ1n) is 9.78. The molecule has 3 aromatic carbocycles. The number of para-hydroxylation sites is 1. The van der Waals surface area contributed by atoms with Crippen molar-refractivity contribution in [2.75, 3.05) is 10.9 Å². The molecule has 0 heterocycles. The van der Waals surface area contributed by atoms with Gasteiger partial charge in [0.2, 0.25) is 5.91 Å². The largest absolute Gasteiger partial charge is 0.493 e. The number of benzene rings is 3. The van der Waals surface area contributed by atoms with Gasteiger partial charge in [-0.25, -0.2) is 12.7 Å². The lowest BCUT2D eigenvalue weighted by Gasteiger charge is -2.23. The van der Waals surface area contributed by atoms with Crippen molar-refractivity contribution in [3.05, 3.63) is 90.0 Å². The number of anilines is 1. The molecule has 0 aliphatic heterocycles. The van der Waals surface area contributed by atoms with Crippen LogP contribution in [0.5, 0.6) is 5.75 Å². The van der Waals surface area contributed by atoms with Crippen LogP contribution in [0.4, 0.5) is 5.69 Å². The zero-order valence-electron chi connectivity index (χ0n) is 17.1. The summed E-state index contributed by atoms with van der Waals surface area (Å²) in [6.07, 6.45) is 0.450. The number of nitrogens with zero attached hydrogens (tertiary/aromatic N) is 1. The van der Waals surface area contributed by atoms with Crippen LogP contribution in [0.15, 0.2) is 83.8 Å². The summed E-state index contributed by atoms with van der Waals surface area (Å²) in [5.74, 6) is 0.272. The number of amides is 1. The van der Waals surface area contributed by atoms with E-state index in [1.165, 1.54) is 12.1 Å². The Bertz CT molecular complexity index is 1090. The second kappa shape index (κ2) is 9.59. The zero-order valence-corrected chi connectivity index (χ0v) is 17.9. The molecule has 0 saturated carbocycles. The molecule has 0 aromatic heterocycles. The lowest BCUT2D eigenvalue weighted by Crippen LogP contribution is -2.37. The van der Waals surface area contributed by atoms with Crippen LogP contribution < -0.4 is 9.04 Å². The summed E-state index contributed by atoms with van der Waals surface area (Å²) in [6, 6.07) is 22.5. The number of hydrogen-bond donors (Lipinski definition) is 0. The molecule has 0 spiro atoms. The van der Waals surface area contributed by atoms with E-state index < -0.39 is 15.9 Å². The zero-order chi connectivity index (χ0) is 21.6. The Morgan fingerprint density at radius 1 is 0.867 bits per heavy atom. The van der Waals surface area contributed by atoms with Gasteiger partial charge in [0.15, 0.2) is 0 Å². The maximum absolute atomic E-state index is 13.2. The lowest BCUT2D eigenvalue weighted by molar-refractivity contribution is -0.117. The van der Waals surface area contributed by atoms with Gasteiger partial charge in [-0.15, -0.1) is 0 Å². The molecule has 0 saturated heterocycles. The van der Waals surface area contributed by atoms with Crippen LogP contribution in [0.1, 0.15) is 24.0 Å². The van der Waals surface area contributed by atoms with E-state index in [2.05, 4.69) is 0 Å². The summed E-state index contributed by atoms with van der Waals surface area (Å²) in [7, 11) is -4.02. The summed E-state index contributed by atoms with van der Waals surface area (Å²) >= 11 is 0. The van der Waals surface area contributed by atoms with Crippen LogP contribution in [-0.2, 0) is 14.8 Å². The van der Waals surface area contributed by atoms with Crippen LogP contribution in [0.3, 0.4) is 0 Å². The molecule has 0 aliphatic carbocycles. The van der Waals surface area contributed by atoms with Crippen LogP contribution in [0, 0.1) is 13.8 Å². The van der Waals surface area contributed by atoms with Gasteiger partial charge in [-0.3, -0.25) is 4.79 Å². The number of carbonyl (C=O) groups is 1. The van der Waals surface area contributed by atoms with E-state index in [0.717, 1.165) is 21.2 Å². The van der Waals surface area contributed by atoms with E-state index in [1.807, 2.05) is 38.1 Å². The molecule has 6 heteroatoms. The third kappa shape index (κ3) is 5.07. The van der Waals surface area contributed by atoms with E-state index in [1.54, 1.807) is 42.5 Å². The molecule has 0 aliphatic rings. The molecule has 1 amide bonds. The SMILES string of the molecule is Cc1ccc(N(C(=O)CCCOc2ccccc2C)S(=O)(=O)c2ccccc2)cc1. The minimum Gasteiger partial charge on any atom is -0.493 e. The molecule has 3 aromatic rings. The second-order valence-corrected chi connectivity index (χ2v) is 8.82. The standard InChI is InChI=1S/C24H25NO4S/c1-19-14-16-21(17-15-19)25(30(27,28)22-10-4-3-5-11-22)24(26)13-8-18-29-23-12-7-6-9-20(23)2/h3-7,9-12,14-17H,8,13,18H2,1-2H3. The maximum atomic E-state index is 13.2. The van der Waals surface area contributed by atoms with Crippen LogP contribution in [-0.4, -0.2) is 20.9 Å². The van der Waals surface area contributed by atoms with Crippen molar-refractivity contribution in [2.24, 2.45) is 0 Å². The van der Waals surface area contributed by atoms with Gasteiger partial charge in [0.1, 0.15) is 5.75 Å². The Morgan fingerprint density at radius 2 is 1.50 bits per heavy atom. The van der Waals surface area contributed by atoms with Crippen LogP contribution in [0.25, 0.3) is 0 Å². The predicted molar refractivity (Wildman–Crippen MR) is 118 cm³/mol. The molecular formula is C24H25NO4S. The van der Waals surface area contributed by atoms with Crippen molar-refractivity contribution in [3.63, 3.8) is 0 Å². The third-order valence-corrected chi connectivity index (χ3v) is 6.43. The van der Waals surface area contributed by atoms with Crippen LogP contribution >= 0.6 is 0 Å². The topological polar surface area (TPSA) is 63.7 Å². The molecule has 0 atom stereocenters. The fourth-order valence-corrected chi connectivity index (χ4v) is 4.49. The first-order chi connectivity index (χ1) is 14.4. The Balaban J connectivity index is 1.77. The summed E-state index contributed by atoms with van der Waals surface area (Å²) < 4.78 is 33.1. The highest BCUT2D eigenvalue weighted by atomic mass is 32.2. The van der Waals surface area contributed by atoms with E-state index in [4.69, 9.17) is 4.74 Å². The average molecular weight is 424 g/mol. The summed E-state index contributed by atoms with van der Waals surface area (Å²) in [5.41, 5.74) is 2.32. The second-order valence-electron chi connectivity index (χ2n) is 7.03. The van der Waals surface area contributed by atoms with Crippen molar-refractivity contribution >= 4 is 21.6 Å². The van der Waals surface area contributed by atoms with Crippen molar-refractivity contribution < 1.29 is 17.9 Å². The lowest BCUT2D eigenvalue weighted by atomic mass is 10.2. The molecule has 0 N–H and O–H groups in total. The van der Waals surface area contributed by atoms with Gasteiger partial charge < -0.3 is 4.74 Å². The monoisotopic (exact) mass is 423 g/mol. The molecule has 3 rings (SSSR count). The molecule has 0 fully saturated rings. The number of carbonyl (C=O) groups excluding carboxylic acids is 1. The Kier molecular flexibility index (Phi) is 6.90. The van der Waals surface area contributed by atoms with E-state index >= 15 is 0 Å². The molecule has 0 unspecified atom stereocenters. The normalized spacial score (nSPS) is 11.1. The molecule has 5 nitrogen and oxygen atoms in total. The van der Waals surface area contributed by atoms with Gasteiger partial charge in [0, 0.05) is 6.42 Å². The predicted octanol–water partition coefficient (Wildman–Crippen LogP) is 4.88. The van der Waals surface area contributed by atoms with Crippen molar-refractivity contribution in [2.45, 2.75) is 31.6 Å². The smallest absolute Gasteiger partial charge is 0.270 e. The van der Waals surface area contributed by atoms with E-state index in [0.29, 0.717) is 18.7 Å². The van der Waals surface area contributed by atoms with Crippen molar-refractivity contribution in [1.29, 1.82) is 0 Å². The Morgan fingerprint density at radius 3 is 2.17 bits per heavy atom. The molecule has 0 bridgehead atoms. The minimum absolute atomic E-state index is 0.0474. The molecule has 0 radical (unpaired) electrons. The number of sulfonamides is 1. The maximum Gasteiger partial charge on any atom is 0.270 e. The Labute approximate surface area is 178 Å². The number of aryl methyl sites for hydroxylation is 2. The van der Waals surface area contributed by atoms with Crippen molar-refractivity contribution in [3.8, 4) is 5.75 Å². The summed E-state index contributed by atoms with van der Waals surface area (Å²) in [4.78, 5) is 13.1. The van der Waals surface area contributed by atoms with Gasteiger partial charge in [-0.05, 0) is 56.2 Å². The highest BCUT2D eigenvalue weighted by Crippen LogP contribution is 2.25. The van der Waals surface area contributed by atoms with Gasteiger partial charge in [0.25, 0.3) is 10.0 Å². The number of ether oxygens (including phenoxy) is 1. The first kappa shape index (κ1) is 21.6.